The number of piperazine rings is 1. The number of amides is 3. The number of furan rings is 1. The Labute approximate surface area is 155 Å². The van der Waals surface area contributed by atoms with Gasteiger partial charge in [-0.25, -0.2) is 4.79 Å². The number of urea groups is 1. The van der Waals surface area contributed by atoms with Crippen molar-refractivity contribution in [1.29, 1.82) is 0 Å². The van der Waals surface area contributed by atoms with E-state index in [1.165, 1.54) is 0 Å². The molecule has 0 bridgehead atoms. The second-order valence-electron chi connectivity index (χ2n) is 6.70. The zero-order valence-electron chi connectivity index (χ0n) is 14.9. The maximum atomic E-state index is 11.8. The minimum atomic E-state index is -0.857. The fourth-order valence-corrected chi connectivity index (χ4v) is 3.57. The van der Waals surface area contributed by atoms with Gasteiger partial charge in [-0.15, -0.1) is 0 Å². The van der Waals surface area contributed by atoms with E-state index in [4.69, 9.17) is 4.42 Å². The number of carbonyl (C=O) groups excluding carboxylic acids is 2. The van der Waals surface area contributed by atoms with Crippen molar-refractivity contribution in [2.24, 2.45) is 0 Å². The van der Waals surface area contributed by atoms with E-state index in [2.05, 4.69) is 37.8 Å². The monoisotopic (exact) mass is 374 g/mol. The Morgan fingerprint density at radius 2 is 2.11 bits per heavy atom. The summed E-state index contributed by atoms with van der Waals surface area (Å²) in [5.74, 6) is -0.133. The maximum absolute atomic E-state index is 11.8. The second-order valence-corrected chi connectivity index (χ2v) is 6.70. The number of nitrogens with one attached hydrogen (secondary N) is 3. The summed E-state index contributed by atoms with van der Waals surface area (Å²) < 4.78 is 5.75. The highest BCUT2D eigenvalue weighted by Gasteiger charge is 2.34. The predicted octanol–water partition coefficient (Wildman–Crippen LogP) is 0.323. The molecular formula is C17H22N6O4. The highest BCUT2D eigenvalue weighted by Crippen LogP contribution is 2.27. The number of fused-ring (bicyclic) bond motifs is 1. The number of pyridine rings is 1. The summed E-state index contributed by atoms with van der Waals surface area (Å²) in [6.07, 6.45) is 1.28. The van der Waals surface area contributed by atoms with Gasteiger partial charge in [0.1, 0.15) is 17.4 Å². The number of hydroxylamine groups is 1. The van der Waals surface area contributed by atoms with Crippen molar-refractivity contribution in [2.75, 3.05) is 32.7 Å². The van der Waals surface area contributed by atoms with Gasteiger partial charge >= 0.3 is 6.03 Å². The number of imide groups is 1. The standard InChI is InChI=1S/C17H22N6O4/c1-2-22-3-5-23(6-4-22)15(21-26)10-7-12-11(18-9-10)8-13(27-12)14-16(24)20-17(25)19-14/h7-9,14-15,21,26H,2-6H2,1H3,(H2,19,20,24,25). The van der Waals surface area contributed by atoms with Crippen LogP contribution in [-0.2, 0) is 4.79 Å². The van der Waals surface area contributed by atoms with E-state index in [1.807, 2.05) is 0 Å². The minimum Gasteiger partial charge on any atom is -0.457 e. The molecule has 0 aliphatic carbocycles. The van der Waals surface area contributed by atoms with Crippen LogP contribution in [0.15, 0.2) is 22.7 Å². The Bertz CT molecular complexity index is 860. The number of rotatable bonds is 5. The molecule has 2 unspecified atom stereocenters. The van der Waals surface area contributed by atoms with Gasteiger partial charge in [0, 0.05) is 44.0 Å². The fraction of sp³-hybridized carbons (Fsp3) is 0.471. The summed E-state index contributed by atoms with van der Waals surface area (Å²) in [5, 5.41) is 14.4. The smallest absolute Gasteiger partial charge is 0.322 e. The van der Waals surface area contributed by atoms with Crippen LogP contribution >= 0.6 is 0 Å². The number of hydrogen-bond donors (Lipinski definition) is 4. The second kappa shape index (κ2) is 7.24. The lowest BCUT2D eigenvalue weighted by Gasteiger charge is -2.38. The van der Waals surface area contributed by atoms with E-state index in [0.29, 0.717) is 16.9 Å². The Morgan fingerprint density at radius 1 is 1.33 bits per heavy atom. The van der Waals surface area contributed by atoms with E-state index in [0.717, 1.165) is 38.3 Å². The van der Waals surface area contributed by atoms with Crippen LogP contribution in [0.4, 0.5) is 4.79 Å². The van der Waals surface area contributed by atoms with Crippen molar-refractivity contribution in [3.05, 3.63) is 29.7 Å². The SMILES string of the molecule is CCN1CCN(C(NO)c2cnc3cc(C4NC(=O)NC4=O)oc3c2)CC1. The third-order valence-electron chi connectivity index (χ3n) is 5.13. The van der Waals surface area contributed by atoms with Gasteiger partial charge in [0.15, 0.2) is 11.6 Å². The highest BCUT2D eigenvalue weighted by atomic mass is 16.5. The third-order valence-corrected chi connectivity index (χ3v) is 5.13. The lowest BCUT2D eigenvalue weighted by molar-refractivity contribution is -0.120. The van der Waals surface area contributed by atoms with Crippen molar-refractivity contribution < 1.29 is 19.2 Å². The van der Waals surface area contributed by atoms with Gasteiger partial charge in [-0.2, -0.15) is 5.48 Å². The van der Waals surface area contributed by atoms with Crippen molar-refractivity contribution in [2.45, 2.75) is 19.1 Å². The molecule has 10 nitrogen and oxygen atoms in total. The van der Waals surface area contributed by atoms with Crippen LogP contribution in [0.5, 0.6) is 0 Å². The fourth-order valence-electron chi connectivity index (χ4n) is 3.57. The normalized spacial score (nSPS) is 22.8. The minimum absolute atomic E-state index is 0.322. The van der Waals surface area contributed by atoms with E-state index in [1.54, 1.807) is 18.3 Å². The van der Waals surface area contributed by atoms with Crippen molar-refractivity contribution >= 4 is 23.0 Å². The van der Waals surface area contributed by atoms with Gasteiger partial charge < -0.3 is 19.8 Å². The van der Waals surface area contributed by atoms with Crippen LogP contribution in [0.3, 0.4) is 0 Å². The molecule has 2 aliphatic rings. The summed E-state index contributed by atoms with van der Waals surface area (Å²) in [6.45, 7) is 6.66. The molecule has 0 aromatic carbocycles. The average molecular weight is 374 g/mol. The van der Waals surface area contributed by atoms with Gasteiger partial charge in [-0.05, 0) is 12.6 Å². The topological polar surface area (TPSA) is 123 Å². The Hall–Kier alpha value is -2.53. The molecule has 2 aromatic rings. The summed E-state index contributed by atoms with van der Waals surface area (Å²) in [4.78, 5) is 32.0. The Kier molecular flexibility index (Phi) is 4.79. The predicted molar refractivity (Wildman–Crippen MR) is 94.8 cm³/mol. The van der Waals surface area contributed by atoms with Crippen molar-refractivity contribution in [3.63, 3.8) is 0 Å². The largest absolute Gasteiger partial charge is 0.457 e. The van der Waals surface area contributed by atoms with Crippen molar-refractivity contribution in [1.82, 2.24) is 30.9 Å². The molecule has 2 fully saturated rings. The highest BCUT2D eigenvalue weighted by molar-refractivity contribution is 6.04. The average Bonchev–Trinajstić information content (AvgIpc) is 3.24. The Balaban J connectivity index is 1.57. The summed E-state index contributed by atoms with van der Waals surface area (Å²) in [7, 11) is 0. The van der Waals surface area contributed by atoms with Gasteiger partial charge in [0.2, 0.25) is 0 Å². The number of hydrogen-bond acceptors (Lipinski definition) is 8. The first-order valence-electron chi connectivity index (χ1n) is 8.96. The van der Waals surface area contributed by atoms with E-state index in [9.17, 15) is 14.8 Å². The van der Waals surface area contributed by atoms with Crippen molar-refractivity contribution in [3.8, 4) is 0 Å². The molecule has 144 valence electrons. The van der Waals surface area contributed by atoms with Gasteiger partial charge in [0.25, 0.3) is 5.91 Å². The van der Waals surface area contributed by atoms with Crippen LogP contribution in [0.2, 0.25) is 0 Å². The number of nitrogens with zero attached hydrogens (tertiary/aromatic N) is 3. The zero-order chi connectivity index (χ0) is 19.0. The Morgan fingerprint density at radius 3 is 2.74 bits per heavy atom. The molecule has 3 amide bonds. The third kappa shape index (κ3) is 3.39. The molecule has 0 radical (unpaired) electrons. The first-order valence-corrected chi connectivity index (χ1v) is 8.96. The maximum Gasteiger partial charge on any atom is 0.322 e. The molecule has 4 heterocycles. The number of aromatic nitrogens is 1. The number of likely N-dealkylation sites (N-methyl/N-ethyl adjacent to an activating group) is 1. The van der Waals surface area contributed by atoms with Crippen LogP contribution < -0.4 is 16.1 Å². The van der Waals surface area contributed by atoms with Crippen LogP contribution in [0, 0.1) is 0 Å². The number of carbonyl (C=O) groups is 2. The van der Waals surface area contributed by atoms with Gasteiger partial charge in [0.05, 0.1) is 0 Å². The molecule has 4 rings (SSSR count). The lowest BCUT2D eigenvalue weighted by atomic mass is 10.1. The summed E-state index contributed by atoms with van der Waals surface area (Å²) in [5.41, 5.74) is 4.19. The molecule has 2 aliphatic heterocycles. The first kappa shape index (κ1) is 17.9. The van der Waals surface area contributed by atoms with Gasteiger partial charge in [-0.3, -0.25) is 20.0 Å². The van der Waals surface area contributed by atoms with Crippen LogP contribution in [-0.4, -0.2) is 64.7 Å². The van der Waals surface area contributed by atoms with E-state index >= 15 is 0 Å². The molecule has 2 aromatic heterocycles. The summed E-state index contributed by atoms with van der Waals surface area (Å²) >= 11 is 0. The molecule has 2 atom stereocenters. The van der Waals surface area contributed by atoms with Crippen LogP contribution in [0.1, 0.15) is 30.5 Å². The van der Waals surface area contributed by atoms with Crippen LogP contribution in [0.25, 0.3) is 11.1 Å². The molecule has 4 N–H and O–H groups in total. The first-order chi connectivity index (χ1) is 13.1. The molecular weight excluding hydrogens is 352 g/mol. The molecule has 27 heavy (non-hydrogen) atoms. The molecule has 0 saturated carbocycles. The quantitative estimate of drug-likeness (QED) is 0.436. The molecule has 10 heteroatoms. The molecule has 2 saturated heterocycles. The lowest BCUT2D eigenvalue weighted by Crippen LogP contribution is -2.50. The zero-order valence-corrected chi connectivity index (χ0v) is 14.9. The van der Waals surface area contributed by atoms with E-state index in [-0.39, 0.29) is 0 Å². The summed E-state index contributed by atoms with van der Waals surface area (Å²) in [6, 6.07) is 2.02. The molecule has 0 spiro atoms. The van der Waals surface area contributed by atoms with Gasteiger partial charge in [-0.1, -0.05) is 6.92 Å². The van der Waals surface area contributed by atoms with E-state index < -0.39 is 24.1 Å².